The van der Waals surface area contributed by atoms with Crippen LogP contribution in [0.15, 0.2) is 23.0 Å². The molecular formula is C15H19FN3O2S+. The molecule has 0 bridgehead atoms. The Labute approximate surface area is 132 Å². The molecule has 0 radical (unpaired) electrons. The van der Waals surface area contributed by atoms with Crippen molar-refractivity contribution in [2.45, 2.75) is 13.0 Å². The molecule has 1 fully saturated rings. The Kier molecular flexibility index (Phi) is 4.66. The first-order valence-corrected chi connectivity index (χ1v) is 7.89. The van der Waals surface area contributed by atoms with Gasteiger partial charge in [0.2, 0.25) is 0 Å². The quantitative estimate of drug-likeness (QED) is 0.806. The highest BCUT2D eigenvalue weighted by Crippen LogP contribution is 2.09. The van der Waals surface area contributed by atoms with Gasteiger partial charge in [-0.3, -0.25) is 9.36 Å². The maximum atomic E-state index is 13.3. The standard InChI is InChI=1S/C15H18FN3O2S/c16-11-2-3-13-12(10-11)14(20)19(15(22)17-13)5-1-4-18-6-8-21-9-7-18/h2-3,10H,1,4-9H2,(H,17,22)/p+1. The normalized spacial score (nSPS) is 16.2. The summed E-state index contributed by atoms with van der Waals surface area (Å²) in [6.07, 6.45) is 0.855. The number of aromatic nitrogens is 2. The minimum Gasteiger partial charge on any atom is -0.370 e. The molecule has 7 heteroatoms. The summed E-state index contributed by atoms with van der Waals surface area (Å²) in [5.41, 5.74) is 0.349. The summed E-state index contributed by atoms with van der Waals surface area (Å²) in [6, 6.07) is 4.12. The number of fused-ring (bicyclic) bond motifs is 1. The molecule has 1 aromatic carbocycles. The summed E-state index contributed by atoms with van der Waals surface area (Å²) in [4.78, 5) is 17.0. The minimum absolute atomic E-state index is 0.227. The second kappa shape index (κ2) is 6.68. The molecule has 1 saturated heterocycles. The summed E-state index contributed by atoms with van der Waals surface area (Å²) in [5, 5.41) is 0.340. The molecule has 2 aromatic rings. The van der Waals surface area contributed by atoms with Gasteiger partial charge >= 0.3 is 0 Å². The topological polar surface area (TPSA) is 51.5 Å². The first-order chi connectivity index (χ1) is 10.6. The third kappa shape index (κ3) is 3.26. The van der Waals surface area contributed by atoms with Crippen LogP contribution in [0.3, 0.4) is 0 Å². The first-order valence-electron chi connectivity index (χ1n) is 7.49. The number of aromatic amines is 1. The third-order valence-electron chi connectivity index (χ3n) is 4.06. The van der Waals surface area contributed by atoms with E-state index in [2.05, 4.69) is 4.98 Å². The number of nitrogens with one attached hydrogen (secondary N) is 2. The lowest BCUT2D eigenvalue weighted by atomic mass is 10.2. The zero-order chi connectivity index (χ0) is 15.5. The molecule has 1 aliphatic rings. The van der Waals surface area contributed by atoms with Crippen molar-refractivity contribution in [3.63, 3.8) is 0 Å². The molecular weight excluding hydrogens is 305 g/mol. The van der Waals surface area contributed by atoms with Gasteiger partial charge in [0, 0.05) is 13.0 Å². The van der Waals surface area contributed by atoms with Crippen LogP contribution in [0.1, 0.15) is 6.42 Å². The van der Waals surface area contributed by atoms with Crippen molar-refractivity contribution in [2.75, 3.05) is 32.8 Å². The van der Waals surface area contributed by atoms with Crippen LogP contribution in [-0.2, 0) is 11.3 Å². The molecule has 2 heterocycles. The number of rotatable bonds is 4. The molecule has 0 atom stereocenters. The van der Waals surface area contributed by atoms with Gasteiger partial charge in [-0.25, -0.2) is 4.39 Å². The van der Waals surface area contributed by atoms with Crippen LogP contribution < -0.4 is 10.5 Å². The SMILES string of the molecule is O=c1c2cc(F)ccc2[nH]c(=S)n1CCC[NH+]1CCOCC1. The number of hydrogen-bond acceptors (Lipinski definition) is 3. The van der Waals surface area contributed by atoms with E-state index in [-0.39, 0.29) is 5.56 Å². The predicted molar refractivity (Wildman–Crippen MR) is 84.4 cm³/mol. The van der Waals surface area contributed by atoms with Gasteiger partial charge in [-0.2, -0.15) is 0 Å². The van der Waals surface area contributed by atoms with E-state index in [1.54, 1.807) is 6.07 Å². The van der Waals surface area contributed by atoms with Crippen molar-refractivity contribution < 1.29 is 14.0 Å². The maximum absolute atomic E-state index is 13.3. The van der Waals surface area contributed by atoms with Crippen LogP contribution in [0.25, 0.3) is 10.9 Å². The lowest BCUT2D eigenvalue weighted by molar-refractivity contribution is -0.908. The zero-order valence-corrected chi connectivity index (χ0v) is 13.0. The average Bonchev–Trinajstić information content (AvgIpc) is 2.52. The third-order valence-corrected chi connectivity index (χ3v) is 4.38. The Morgan fingerprint density at radius 2 is 2.14 bits per heavy atom. The minimum atomic E-state index is -0.417. The second-order valence-electron chi connectivity index (χ2n) is 5.54. The fraction of sp³-hybridized carbons (Fsp3) is 0.467. The van der Waals surface area contributed by atoms with Gasteiger partial charge in [-0.15, -0.1) is 0 Å². The smallest absolute Gasteiger partial charge is 0.262 e. The summed E-state index contributed by atoms with van der Waals surface area (Å²) < 4.78 is 20.6. The molecule has 1 aliphatic heterocycles. The van der Waals surface area contributed by atoms with Crippen LogP contribution in [0.4, 0.5) is 4.39 Å². The Bertz CT molecular complexity index is 780. The monoisotopic (exact) mass is 324 g/mol. The molecule has 0 unspecified atom stereocenters. The molecule has 3 rings (SSSR count). The fourth-order valence-electron chi connectivity index (χ4n) is 2.82. The molecule has 2 N–H and O–H groups in total. The van der Waals surface area contributed by atoms with Gasteiger partial charge < -0.3 is 14.6 Å². The number of benzene rings is 1. The van der Waals surface area contributed by atoms with Gasteiger partial charge in [0.1, 0.15) is 18.9 Å². The summed E-state index contributed by atoms with van der Waals surface area (Å²) in [6.45, 7) is 5.13. The van der Waals surface area contributed by atoms with Crippen LogP contribution >= 0.6 is 12.2 Å². The number of halogens is 1. The highest BCUT2D eigenvalue weighted by molar-refractivity contribution is 7.71. The summed E-state index contributed by atoms with van der Waals surface area (Å²) >= 11 is 5.26. The molecule has 0 amide bonds. The van der Waals surface area contributed by atoms with Crippen molar-refractivity contribution >= 4 is 23.1 Å². The van der Waals surface area contributed by atoms with E-state index in [0.29, 0.717) is 22.2 Å². The van der Waals surface area contributed by atoms with E-state index in [1.165, 1.54) is 21.6 Å². The number of quaternary nitrogens is 1. The highest BCUT2D eigenvalue weighted by Gasteiger charge is 2.13. The number of hydrogen-bond donors (Lipinski definition) is 2. The summed E-state index contributed by atoms with van der Waals surface area (Å²) in [7, 11) is 0. The Balaban J connectivity index is 1.78. The van der Waals surface area contributed by atoms with E-state index in [4.69, 9.17) is 17.0 Å². The predicted octanol–water partition coefficient (Wildman–Crippen LogP) is 0.503. The van der Waals surface area contributed by atoms with Crippen molar-refractivity contribution in [3.8, 4) is 0 Å². The first kappa shape index (κ1) is 15.3. The van der Waals surface area contributed by atoms with Crippen LogP contribution in [0.2, 0.25) is 0 Å². The Morgan fingerprint density at radius 1 is 1.36 bits per heavy atom. The lowest BCUT2D eigenvalue weighted by Gasteiger charge is -2.23. The van der Waals surface area contributed by atoms with E-state index in [1.807, 2.05) is 0 Å². The molecule has 118 valence electrons. The highest BCUT2D eigenvalue weighted by atomic mass is 32.1. The molecule has 22 heavy (non-hydrogen) atoms. The van der Waals surface area contributed by atoms with Gasteiger partial charge in [0.25, 0.3) is 5.56 Å². The number of morpholine rings is 1. The van der Waals surface area contributed by atoms with E-state index >= 15 is 0 Å². The van der Waals surface area contributed by atoms with Gasteiger partial charge in [-0.1, -0.05) is 0 Å². The van der Waals surface area contributed by atoms with Crippen LogP contribution in [0, 0.1) is 10.6 Å². The molecule has 0 saturated carbocycles. The average molecular weight is 324 g/mol. The van der Waals surface area contributed by atoms with Crippen molar-refractivity contribution in [3.05, 3.63) is 39.1 Å². The van der Waals surface area contributed by atoms with E-state index in [0.717, 1.165) is 39.3 Å². The van der Waals surface area contributed by atoms with Gasteiger partial charge in [-0.05, 0) is 30.4 Å². The molecule has 0 spiro atoms. The lowest BCUT2D eigenvalue weighted by Crippen LogP contribution is -3.14. The molecule has 5 nitrogen and oxygen atoms in total. The van der Waals surface area contributed by atoms with E-state index < -0.39 is 5.82 Å². The summed E-state index contributed by atoms with van der Waals surface area (Å²) in [5.74, 6) is -0.417. The Morgan fingerprint density at radius 3 is 2.91 bits per heavy atom. The number of H-pyrrole nitrogens is 1. The Hall–Kier alpha value is -1.57. The molecule has 1 aromatic heterocycles. The largest absolute Gasteiger partial charge is 0.370 e. The zero-order valence-electron chi connectivity index (χ0n) is 12.2. The van der Waals surface area contributed by atoms with E-state index in [9.17, 15) is 9.18 Å². The number of nitrogens with zero attached hydrogens (tertiary/aromatic N) is 1. The van der Waals surface area contributed by atoms with Gasteiger partial charge in [0.05, 0.1) is 30.7 Å². The van der Waals surface area contributed by atoms with Crippen LogP contribution in [-0.4, -0.2) is 42.4 Å². The van der Waals surface area contributed by atoms with Gasteiger partial charge in [0.15, 0.2) is 4.77 Å². The second-order valence-corrected chi connectivity index (χ2v) is 5.93. The van der Waals surface area contributed by atoms with Crippen molar-refractivity contribution in [1.82, 2.24) is 9.55 Å². The number of ether oxygens (including phenoxy) is 1. The maximum Gasteiger partial charge on any atom is 0.262 e. The van der Waals surface area contributed by atoms with Crippen LogP contribution in [0.5, 0.6) is 0 Å². The van der Waals surface area contributed by atoms with Crippen molar-refractivity contribution in [2.24, 2.45) is 0 Å². The fourth-order valence-corrected chi connectivity index (χ4v) is 3.11. The molecule has 0 aliphatic carbocycles. The van der Waals surface area contributed by atoms with Crippen molar-refractivity contribution in [1.29, 1.82) is 0 Å².